The number of benzene rings is 2. The van der Waals surface area contributed by atoms with Gasteiger partial charge >= 0.3 is 0 Å². The molecule has 0 heterocycles. The number of thiocyanates is 1. The second-order valence-corrected chi connectivity index (χ2v) is 4.45. The predicted molar refractivity (Wildman–Crippen MR) is 73.2 cm³/mol. The molecule has 0 radical (unpaired) electrons. The zero-order valence-electron chi connectivity index (χ0n) is 9.51. The summed E-state index contributed by atoms with van der Waals surface area (Å²) in [6.45, 7) is 0. The molecule has 0 aliphatic heterocycles. The van der Waals surface area contributed by atoms with Gasteiger partial charge in [0.05, 0.1) is 4.90 Å². The van der Waals surface area contributed by atoms with E-state index in [0.29, 0.717) is 4.90 Å². The number of hydrogen-bond donors (Lipinski definition) is 0. The lowest BCUT2D eigenvalue weighted by atomic mass is 10.1. The maximum Gasteiger partial charge on any atom is 0.138 e. The van der Waals surface area contributed by atoms with Gasteiger partial charge in [0.1, 0.15) is 11.2 Å². The molecule has 0 amide bonds. The quantitative estimate of drug-likeness (QED) is 0.455. The summed E-state index contributed by atoms with van der Waals surface area (Å²) in [6, 6.07) is 14.7. The normalized spacial score (nSPS) is 10.4. The monoisotopic (exact) mass is 255 g/mol. The topological polar surface area (TPSA) is 23.8 Å². The van der Waals surface area contributed by atoms with Crippen LogP contribution in [0.25, 0.3) is 12.2 Å². The van der Waals surface area contributed by atoms with Crippen LogP contribution in [0.5, 0.6) is 0 Å². The molecule has 0 bridgehead atoms. The lowest BCUT2D eigenvalue weighted by Gasteiger charge is -1.99. The minimum atomic E-state index is -0.364. The Morgan fingerprint density at radius 2 is 1.72 bits per heavy atom. The van der Waals surface area contributed by atoms with E-state index < -0.39 is 0 Å². The van der Waals surface area contributed by atoms with Gasteiger partial charge in [-0.25, -0.2) is 4.39 Å². The zero-order valence-corrected chi connectivity index (χ0v) is 10.3. The van der Waals surface area contributed by atoms with Crippen molar-refractivity contribution < 1.29 is 4.39 Å². The van der Waals surface area contributed by atoms with Gasteiger partial charge < -0.3 is 0 Å². The molecular formula is C15H10FNS. The second-order valence-electron chi connectivity index (χ2n) is 3.63. The molecule has 0 aromatic heterocycles. The zero-order chi connectivity index (χ0) is 12.8. The molecule has 0 fully saturated rings. The van der Waals surface area contributed by atoms with E-state index in [1.54, 1.807) is 12.1 Å². The first-order valence-corrected chi connectivity index (χ1v) is 6.20. The van der Waals surface area contributed by atoms with Crippen LogP contribution in [0.2, 0.25) is 0 Å². The molecule has 2 aromatic carbocycles. The molecule has 1 nitrogen and oxygen atoms in total. The average Bonchev–Trinajstić information content (AvgIpc) is 2.41. The minimum absolute atomic E-state index is 0.356. The van der Waals surface area contributed by atoms with Crippen LogP contribution in [0, 0.1) is 16.5 Å². The maximum absolute atomic E-state index is 13.6. The molecule has 0 atom stereocenters. The molecule has 3 heteroatoms. The summed E-state index contributed by atoms with van der Waals surface area (Å²) < 4.78 is 13.6. The molecule has 18 heavy (non-hydrogen) atoms. The molecule has 0 aliphatic carbocycles. The number of nitriles is 1. The van der Waals surface area contributed by atoms with Gasteiger partial charge in [0.25, 0.3) is 0 Å². The third-order valence-electron chi connectivity index (χ3n) is 2.38. The van der Waals surface area contributed by atoms with Crippen molar-refractivity contribution in [3.05, 3.63) is 65.5 Å². The van der Waals surface area contributed by atoms with Crippen LogP contribution >= 0.6 is 11.8 Å². The summed E-state index contributed by atoms with van der Waals surface area (Å²) in [5.41, 5.74) is 1.84. The van der Waals surface area contributed by atoms with E-state index in [1.807, 2.05) is 47.9 Å². The first-order valence-electron chi connectivity index (χ1n) is 5.38. The molecule has 2 rings (SSSR count). The van der Waals surface area contributed by atoms with Crippen molar-refractivity contribution in [2.45, 2.75) is 4.90 Å². The fourth-order valence-electron chi connectivity index (χ4n) is 1.51. The van der Waals surface area contributed by atoms with Crippen LogP contribution in [0.3, 0.4) is 0 Å². The third kappa shape index (κ3) is 3.22. The summed E-state index contributed by atoms with van der Waals surface area (Å²) in [5.74, 6) is -0.364. The summed E-state index contributed by atoms with van der Waals surface area (Å²) in [6.07, 6.45) is 3.77. The van der Waals surface area contributed by atoms with Gasteiger partial charge in [-0.3, -0.25) is 0 Å². The average molecular weight is 255 g/mol. The molecule has 0 spiro atoms. The van der Waals surface area contributed by atoms with E-state index in [0.717, 1.165) is 22.9 Å². The van der Waals surface area contributed by atoms with Crippen molar-refractivity contribution in [1.82, 2.24) is 0 Å². The summed E-state index contributed by atoms with van der Waals surface area (Å²) in [7, 11) is 0. The summed E-state index contributed by atoms with van der Waals surface area (Å²) >= 11 is 0.832. The molecule has 0 N–H and O–H groups in total. The van der Waals surface area contributed by atoms with Gasteiger partial charge in [-0.15, -0.1) is 0 Å². The number of rotatable bonds is 3. The van der Waals surface area contributed by atoms with Gasteiger partial charge in [-0.05, 0) is 35.0 Å². The van der Waals surface area contributed by atoms with Gasteiger partial charge in [-0.2, -0.15) is 5.26 Å². The highest BCUT2D eigenvalue weighted by Gasteiger charge is 2.02. The maximum atomic E-state index is 13.6. The Bertz CT molecular complexity index is 600. The van der Waals surface area contributed by atoms with Gasteiger partial charge in [0.15, 0.2) is 0 Å². The van der Waals surface area contributed by atoms with Crippen molar-refractivity contribution in [1.29, 1.82) is 5.26 Å². The van der Waals surface area contributed by atoms with Crippen LogP contribution in [0.1, 0.15) is 11.1 Å². The van der Waals surface area contributed by atoms with Crippen LogP contribution in [-0.2, 0) is 0 Å². The SMILES string of the molecule is N#CSc1ccc(/C=C/c2ccccc2)cc1F. The Labute approximate surface area is 110 Å². The number of nitrogens with zero attached hydrogens (tertiary/aromatic N) is 1. The highest BCUT2D eigenvalue weighted by Crippen LogP contribution is 2.22. The van der Waals surface area contributed by atoms with Crippen LogP contribution in [-0.4, -0.2) is 0 Å². The van der Waals surface area contributed by atoms with E-state index in [1.165, 1.54) is 6.07 Å². The standard InChI is InChI=1S/C15H10FNS/c16-14-10-13(8-9-15(14)18-11-17)7-6-12-4-2-1-3-5-12/h1-10H/b7-6+. The van der Waals surface area contributed by atoms with Crippen LogP contribution in [0.4, 0.5) is 4.39 Å². The number of hydrogen-bond acceptors (Lipinski definition) is 2. The fourth-order valence-corrected chi connectivity index (χ4v) is 1.90. The van der Waals surface area contributed by atoms with Gasteiger partial charge in [0, 0.05) is 0 Å². The molecular weight excluding hydrogens is 245 g/mol. The Balaban J connectivity index is 2.18. The lowest BCUT2D eigenvalue weighted by molar-refractivity contribution is 0.602. The van der Waals surface area contributed by atoms with Crippen molar-refractivity contribution in [3.63, 3.8) is 0 Å². The van der Waals surface area contributed by atoms with Crippen molar-refractivity contribution >= 4 is 23.9 Å². The Morgan fingerprint density at radius 1 is 1.00 bits per heavy atom. The van der Waals surface area contributed by atoms with Crippen molar-refractivity contribution in [2.75, 3.05) is 0 Å². The lowest BCUT2D eigenvalue weighted by Crippen LogP contribution is -1.81. The minimum Gasteiger partial charge on any atom is -0.206 e. The summed E-state index contributed by atoms with van der Waals surface area (Å²) in [5, 5.41) is 10.4. The number of halogens is 1. The van der Waals surface area contributed by atoms with Crippen LogP contribution < -0.4 is 0 Å². The molecule has 0 aliphatic rings. The number of thioether (sulfide) groups is 1. The van der Waals surface area contributed by atoms with Gasteiger partial charge in [0.2, 0.25) is 0 Å². The van der Waals surface area contributed by atoms with Crippen molar-refractivity contribution in [3.8, 4) is 5.40 Å². The largest absolute Gasteiger partial charge is 0.206 e. The van der Waals surface area contributed by atoms with Crippen molar-refractivity contribution in [2.24, 2.45) is 0 Å². The highest BCUT2D eigenvalue weighted by atomic mass is 32.2. The van der Waals surface area contributed by atoms with E-state index in [4.69, 9.17) is 5.26 Å². The van der Waals surface area contributed by atoms with E-state index in [2.05, 4.69) is 0 Å². The first-order chi connectivity index (χ1) is 8.79. The third-order valence-corrected chi connectivity index (χ3v) is 3.02. The first kappa shape index (κ1) is 12.4. The molecule has 0 saturated heterocycles. The second kappa shape index (κ2) is 6.04. The predicted octanol–water partition coefficient (Wildman–Crippen LogP) is 4.57. The molecule has 0 saturated carbocycles. The van der Waals surface area contributed by atoms with E-state index in [-0.39, 0.29) is 5.82 Å². The Kier molecular flexibility index (Phi) is 4.16. The van der Waals surface area contributed by atoms with Gasteiger partial charge in [-0.1, -0.05) is 48.6 Å². The molecule has 2 aromatic rings. The summed E-state index contributed by atoms with van der Waals surface area (Å²) in [4.78, 5) is 0.356. The highest BCUT2D eigenvalue weighted by molar-refractivity contribution is 8.03. The smallest absolute Gasteiger partial charge is 0.138 e. The van der Waals surface area contributed by atoms with E-state index >= 15 is 0 Å². The molecule has 0 unspecified atom stereocenters. The molecule has 88 valence electrons. The Hall–Kier alpha value is -2.05. The Morgan fingerprint density at radius 3 is 2.39 bits per heavy atom. The fraction of sp³-hybridized carbons (Fsp3) is 0. The van der Waals surface area contributed by atoms with Crippen LogP contribution in [0.15, 0.2) is 53.4 Å². The van der Waals surface area contributed by atoms with E-state index in [9.17, 15) is 4.39 Å².